The first-order valence-electron chi connectivity index (χ1n) is 15.5. The summed E-state index contributed by atoms with van der Waals surface area (Å²) in [5.41, 5.74) is 13.6. The van der Waals surface area contributed by atoms with Gasteiger partial charge in [0.05, 0.1) is 0 Å². The third kappa shape index (κ3) is 13.8. The van der Waals surface area contributed by atoms with E-state index in [0.29, 0.717) is 32.9 Å². The first kappa shape index (κ1) is 39.5. The summed E-state index contributed by atoms with van der Waals surface area (Å²) in [7, 11) is -2.36. The van der Waals surface area contributed by atoms with Gasteiger partial charge in [-0.3, -0.25) is 0 Å². The minimum Gasteiger partial charge on any atom is -0.323 e. The summed E-state index contributed by atoms with van der Waals surface area (Å²) in [6.45, 7) is 3.94. The van der Waals surface area contributed by atoms with Gasteiger partial charge < -0.3 is 11.5 Å². The van der Waals surface area contributed by atoms with E-state index >= 15 is 0 Å². The molecule has 0 radical (unpaired) electrons. The topological polar surface area (TPSA) is 87.6 Å². The molecule has 0 unspecified atom stereocenters. The van der Waals surface area contributed by atoms with Gasteiger partial charge in [-0.05, 0) is 124 Å². The van der Waals surface area contributed by atoms with Crippen molar-refractivity contribution in [1.29, 1.82) is 0 Å². The molecule has 0 fully saturated rings. The summed E-state index contributed by atoms with van der Waals surface area (Å²) in [4.78, 5) is 4.19. The fourth-order valence-electron chi connectivity index (χ4n) is 4.87. The molecule has 0 saturated heterocycles. The fraction of sp³-hybridized carbons (Fsp3) is 0.333. The van der Waals surface area contributed by atoms with Crippen molar-refractivity contribution in [1.82, 2.24) is 0 Å². The summed E-state index contributed by atoms with van der Waals surface area (Å²) in [6, 6.07) is 27.6. The van der Waals surface area contributed by atoms with E-state index in [4.69, 9.17) is 66.9 Å². The second-order valence-corrected chi connectivity index (χ2v) is 17.4. The monoisotopic (exact) mass is 783 g/mol. The average Bonchev–Trinajstić information content (AvgIpc) is 3.01. The molecule has 4 aromatic carbocycles. The van der Waals surface area contributed by atoms with E-state index in [-0.39, 0.29) is 13.2 Å². The molecule has 0 saturated carbocycles. The zero-order valence-electron chi connectivity index (χ0n) is 26.9. The zero-order valence-corrected chi connectivity index (χ0v) is 32.4. The Kier molecular flexibility index (Phi) is 15.4. The molecular weight excluding hydrogens is 745 g/mol. The molecule has 256 valence electrons. The van der Waals surface area contributed by atoms with Crippen LogP contribution in [0.4, 0.5) is 0 Å². The van der Waals surface area contributed by atoms with Crippen LogP contribution >= 0.6 is 78.2 Å². The number of rotatable bonds is 18. The Balaban J connectivity index is 1.13. The Morgan fingerprint density at radius 3 is 1.40 bits per heavy atom. The fourth-order valence-corrected chi connectivity index (χ4v) is 8.77. The maximum atomic E-state index is 12.5. The molecule has 48 heavy (non-hydrogen) atoms. The predicted molar refractivity (Wildman–Crippen MR) is 205 cm³/mol. The van der Waals surface area contributed by atoms with Crippen molar-refractivity contribution in [2.75, 3.05) is 13.2 Å². The lowest BCUT2D eigenvalue weighted by molar-refractivity contribution is 0.156. The highest BCUT2D eigenvalue weighted by molar-refractivity contribution is 7.99. The minimum absolute atomic E-state index is 0.0938. The van der Waals surface area contributed by atoms with E-state index in [2.05, 4.69) is 12.1 Å². The van der Waals surface area contributed by atoms with Crippen molar-refractivity contribution >= 4 is 78.2 Å². The van der Waals surface area contributed by atoms with Crippen LogP contribution in [0.1, 0.15) is 50.7 Å². The minimum atomic E-state index is -2.36. The molecule has 0 amide bonds. The average molecular weight is 786 g/mol. The lowest BCUT2D eigenvalue weighted by atomic mass is 9.95. The lowest BCUT2D eigenvalue weighted by Crippen LogP contribution is -2.41. The van der Waals surface area contributed by atoms with Crippen LogP contribution in [-0.4, -0.2) is 24.3 Å². The van der Waals surface area contributed by atoms with Crippen LogP contribution in [0.2, 0.25) is 20.1 Å². The van der Waals surface area contributed by atoms with Crippen LogP contribution in [0.15, 0.2) is 105 Å². The second kappa shape index (κ2) is 18.8. The van der Waals surface area contributed by atoms with Crippen LogP contribution in [0.3, 0.4) is 0 Å². The highest BCUT2D eigenvalue weighted by Gasteiger charge is 2.31. The van der Waals surface area contributed by atoms with Gasteiger partial charge in [0.1, 0.15) is 13.2 Å². The summed E-state index contributed by atoms with van der Waals surface area (Å²) in [5.74, 6) is 0. The molecule has 0 bridgehead atoms. The molecule has 0 aliphatic carbocycles. The molecule has 4 aromatic rings. The van der Waals surface area contributed by atoms with Crippen LogP contribution in [0.25, 0.3) is 0 Å². The van der Waals surface area contributed by atoms with Gasteiger partial charge in [0, 0.05) is 55.3 Å². The van der Waals surface area contributed by atoms with E-state index in [9.17, 15) is 4.57 Å². The standard InChI is InChI=1S/C36H40Cl4N2O3PS2/c1-35(41,17-5-7-25-13-15-31(21-33(25)39)47-29-11-3-9-27(37)19-29)23-44-46(43)45-24-36(2,42)18-6-8-26-14-16-32(22-34(26)40)48-30-12-4-10-28(38)20-30/h3-4,9-16,19-22H,5-8,17-18,23-24,41-42H2,1-2H3/q+1/t35-,36-/m1/s1. The van der Waals surface area contributed by atoms with Gasteiger partial charge in [0.25, 0.3) is 0 Å². The van der Waals surface area contributed by atoms with Crippen LogP contribution in [-0.2, 0) is 26.5 Å². The zero-order chi connectivity index (χ0) is 34.7. The lowest BCUT2D eigenvalue weighted by Gasteiger charge is -2.22. The first-order valence-corrected chi connectivity index (χ1v) is 19.8. The largest absolute Gasteiger partial charge is 0.697 e. The molecule has 2 atom stereocenters. The van der Waals surface area contributed by atoms with Gasteiger partial charge in [-0.2, -0.15) is 0 Å². The van der Waals surface area contributed by atoms with Gasteiger partial charge in [-0.15, -0.1) is 9.05 Å². The Morgan fingerprint density at radius 2 is 1.02 bits per heavy atom. The highest BCUT2D eigenvalue weighted by Crippen LogP contribution is 2.35. The van der Waals surface area contributed by atoms with E-state index in [0.717, 1.165) is 56.4 Å². The molecule has 0 aliphatic heterocycles. The number of halogens is 4. The number of hydrogen-bond acceptors (Lipinski definition) is 7. The third-order valence-corrected chi connectivity index (χ3v) is 11.3. The molecular formula is C36H40Cl4N2O3PS2+. The molecule has 5 nitrogen and oxygen atoms in total. The summed E-state index contributed by atoms with van der Waals surface area (Å²) in [5, 5.41) is 2.82. The van der Waals surface area contributed by atoms with Gasteiger partial charge >= 0.3 is 8.25 Å². The molecule has 12 heteroatoms. The number of hydrogen-bond donors (Lipinski definition) is 2. The Labute approximate surface area is 313 Å². The van der Waals surface area contributed by atoms with Gasteiger partial charge in [-0.1, -0.05) is 94.2 Å². The number of aryl methyl sites for hydroxylation is 2. The molecule has 0 aliphatic rings. The van der Waals surface area contributed by atoms with Gasteiger partial charge in [0.2, 0.25) is 0 Å². The highest BCUT2D eigenvalue weighted by atomic mass is 35.5. The normalized spacial score (nSPS) is 14.0. The van der Waals surface area contributed by atoms with Crippen molar-refractivity contribution in [3.63, 3.8) is 0 Å². The van der Waals surface area contributed by atoms with Crippen LogP contribution in [0, 0.1) is 0 Å². The van der Waals surface area contributed by atoms with E-state index in [1.807, 2.05) is 86.6 Å². The summed E-state index contributed by atoms with van der Waals surface area (Å²) < 4.78 is 23.5. The SMILES string of the molecule is C[C@@](N)(CCCc1ccc(Sc2cccc(Cl)c2)cc1Cl)CO[P+](=O)OC[C@](C)(N)CCCc1ccc(Sc2cccc(Cl)c2)cc1Cl. The maximum absolute atomic E-state index is 12.5. The summed E-state index contributed by atoms with van der Waals surface area (Å²) >= 11 is 28.6. The van der Waals surface area contributed by atoms with E-state index < -0.39 is 19.3 Å². The smallest absolute Gasteiger partial charge is 0.323 e. The molecule has 4 N–H and O–H groups in total. The third-order valence-electron chi connectivity index (χ3n) is 7.50. The van der Waals surface area contributed by atoms with Crippen molar-refractivity contribution in [2.24, 2.45) is 11.5 Å². The predicted octanol–water partition coefficient (Wildman–Crippen LogP) is 12.1. The molecule has 0 spiro atoms. The van der Waals surface area contributed by atoms with Crippen molar-refractivity contribution in [3.05, 3.63) is 116 Å². The van der Waals surface area contributed by atoms with Gasteiger partial charge in [0.15, 0.2) is 0 Å². The van der Waals surface area contributed by atoms with Crippen LogP contribution in [0.5, 0.6) is 0 Å². The Bertz CT molecular complexity index is 1570. The van der Waals surface area contributed by atoms with Gasteiger partial charge in [-0.25, -0.2) is 0 Å². The Morgan fingerprint density at radius 1 is 0.625 bits per heavy atom. The second-order valence-electron chi connectivity index (χ2n) is 12.4. The van der Waals surface area contributed by atoms with Crippen LogP contribution < -0.4 is 11.5 Å². The quantitative estimate of drug-likeness (QED) is 0.0971. The molecule has 0 aromatic heterocycles. The molecule has 0 heterocycles. The van der Waals surface area contributed by atoms with Crippen molar-refractivity contribution in [2.45, 2.75) is 83.0 Å². The number of nitrogens with two attached hydrogens (primary N) is 2. The Hall–Kier alpha value is -1.32. The number of benzene rings is 4. The van der Waals surface area contributed by atoms with Crippen molar-refractivity contribution in [3.8, 4) is 0 Å². The summed E-state index contributed by atoms with van der Waals surface area (Å²) in [6.07, 6.45) is 4.43. The van der Waals surface area contributed by atoms with E-state index in [1.54, 1.807) is 23.5 Å². The first-order chi connectivity index (χ1) is 22.8. The molecule has 4 rings (SSSR count). The van der Waals surface area contributed by atoms with Crippen molar-refractivity contribution < 1.29 is 13.6 Å². The van der Waals surface area contributed by atoms with E-state index in [1.165, 1.54) is 0 Å². The maximum Gasteiger partial charge on any atom is 0.697 e.